The van der Waals surface area contributed by atoms with Gasteiger partial charge in [0.15, 0.2) is 0 Å². The maximum absolute atomic E-state index is 13.0. The van der Waals surface area contributed by atoms with E-state index in [1.165, 1.54) is 17.7 Å². The summed E-state index contributed by atoms with van der Waals surface area (Å²) in [7, 11) is 0. The molecule has 2 atom stereocenters. The molecule has 0 aromatic heterocycles. The fraction of sp³-hybridized carbons (Fsp3) is 0.440. The van der Waals surface area contributed by atoms with Gasteiger partial charge in [-0.1, -0.05) is 37.3 Å². The van der Waals surface area contributed by atoms with Crippen molar-refractivity contribution in [2.75, 3.05) is 44.6 Å². The SMILES string of the molecule is CCC(CNC(=O)C(C)N1CCN(CC(=O)Nc2ccc(F)cc2)CC1)c1ccccc1. The molecule has 0 aliphatic carbocycles. The van der Waals surface area contributed by atoms with Crippen LogP contribution in [0, 0.1) is 5.82 Å². The molecule has 1 saturated heterocycles. The van der Waals surface area contributed by atoms with Crippen LogP contribution in [0.1, 0.15) is 31.7 Å². The Hall–Kier alpha value is -2.77. The van der Waals surface area contributed by atoms with E-state index < -0.39 is 0 Å². The minimum absolute atomic E-state index is 0.0434. The average molecular weight is 441 g/mol. The Morgan fingerprint density at radius 3 is 2.28 bits per heavy atom. The van der Waals surface area contributed by atoms with E-state index in [1.807, 2.05) is 25.1 Å². The van der Waals surface area contributed by atoms with Gasteiger partial charge in [-0.25, -0.2) is 4.39 Å². The fourth-order valence-electron chi connectivity index (χ4n) is 4.01. The highest BCUT2D eigenvalue weighted by molar-refractivity contribution is 5.92. The Bertz CT molecular complexity index is 867. The van der Waals surface area contributed by atoms with Crippen molar-refractivity contribution >= 4 is 17.5 Å². The molecular weight excluding hydrogens is 407 g/mol. The van der Waals surface area contributed by atoms with Crippen LogP contribution in [0.5, 0.6) is 0 Å². The number of hydrogen-bond acceptors (Lipinski definition) is 4. The second kappa shape index (κ2) is 11.7. The fourth-order valence-corrected chi connectivity index (χ4v) is 4.01. The number of carbonyl (C=O) groups excluding carboxylic acids is 2. The summed E-state index contributed by atoms with van der Waals surface area (Å²) in [4.78, 5) is 29.2. The van der Waals surface area contributed by atoms with Gasteiger partial charge in [-0.15, -0.1) is 0 Å². The lowest BCUT2D eigenvalue weighted by molar-refractivity contribution is -0.127. The Morgan fingerprint density at radius 2 is 1.66 bits per heavy atom. The quantitative estimate of drug-likeness (QED) is 0.629. The molecule has 7 heteroatoms. The lowest BCUT2D eigenvalue weighted by atomic mass is 9.96. The summed E-state index contributed by atoms with van der Waals surface area (Å²) in [5.41, 5.74) is 1.83. The standard InChI is InChI=1S/C25H33FN4O2/c1-3-20(21-7-5-4-6-8-21)17-27-25(32)19(2)30-15-13-29(14-16-30)18-24(31)28-23-11-9-22(26)10-12-23/h4-12,19-20H,3,13-18H2,1-2H3,(H,27,32)(H,28,31). The van der Waals surface area contributed by atoms with E-state index in [0.29, 0.717) is 18.2 Å². The molecular formula is C25H33FN4O2. The monoisotopic (exact) mass is 440 g/mol. The number of nitrogens with zero attached hydrogens (tertiary/aromatic N) is 2. The van der Waals surface area contributed by atoms with E-state index in [2.05, 4.69) is 39.5 Å². The van der Waals surface area contributed by atoms with Crippen LogP contribution < -0.4 is 10.6 Å². The number of halogens is 1. The number of nitrogens with one attached hydrogen (secondary N) is 2. The van der Waals surface area contributed by atoms with E-state index in [9.17, 15) is 14.0 Å². The lowest BCUT2D eigenvalue weighted by Crippen LogP contribution is -2.55. The lowest BCUT2D eigenvalue weighted by Gasteiger charge is -2.37. The minimum Gasteiger partial charge on any atom is -0.354 e. The molecule has 2 aromatic rings. The van der Waals surface area contributed by atoms with Crippen molar-refractivity contribution in [1.82, 2.24) is 15.1 Å². The number of carbonyl (C=O) groups is 2. The highest BCUT2D eigenvalue weighted by atomic mass is 19.1. The molecule has 2 unspecified atom stereocenters. The van der Waals surface area contributed by atoms with Gasteiger partial charge >= 0.3 is 0 Å². The summed E-state index contributed by atoms with van der Waals surface area (Å²) in [6, 6.07) is 15.8. The highest BCUT2D eigenvalue weighted by Gasteiger charge is 2.26. The molecule has 1 aliphatic rings. The summed E-state index contributed by atoms with van der Waals surface area (Å²) in [5.74, 6) is -0.101. The minimum atomic E-state index is -0.331. The predicted octanol–water partition coefficient (Wildman–Crippen LogP) is 3.08. The van der Waals surface area contributed by atoms with Gasteiger partial charge in [0.05, 0.1) is 12.6 Å². The molecule has 2 amide bonds. The molecule has 172 valence electrons. The first-order valence-electron chi connectivity index (χ1n) is 11.3. The summed E-state index contributed by atoms with van der Waals surface area (Å²) >= 11 is 0. The summed E-state index contributed by atoms with van der Waals surface area (Å²) in [6.45, 7) is 7.89. The van der Waals surface area contributed by atoms with E-state index in [1.54, 1.807) is 12.1 Å². The number of benzene rings is 2. The second-order valence-electron chi connectivity index (χ2n) is 8.30. The molecule has 0 bridgehead atoms. The topological polar surface area (TPSA) is 64.7 Å². The van der Waals surface area contributed by atoms with Crippen molar-refractivity contribution in [3.8, 4) is 0 Å². The van der Waals surface area contributed by atoms with Gasteiger partial charge < -0.3 is 10.6 Å². The maximum Gasteiger partial charge on any atom is 0.238 e. The van der Waals surface area contributed by atoms with Crippen LogP contribution in [0.25, 0.3) is 0 Å². The third kappa shape index (κ3) is 6.87. The van der Waals surface area contributed by atoms with Crippen LogP contribution in [-0.2, 0) is 9.59 Å². The molecule has 0 saturated carbocycles. The number of anilines is 1. The van der Waals surface area contributed by atoms with Crippen LogP contribution >= 0.6 is 0 Å². The van der Waals surface area contributed by atoms with Gasteiger partial charge in [-0.2, -0.15) is 0 Å². The first kappa shape index (κ1) is 23.9. The largest absolute Gasteiger partial charge is 0.354 e. The van der Waals surface area contributed by atoms with E-state index in [0.717, 1.165) is 32.6 Å². The Morgan fingerprint density at radius 1 is 1.00 bits per heavy atom. The van der Waals surface area contributed by atoms with Crippen LogP contribution in [-0.4, -0.2) is 66.9 Å². The highest BCUT2D eigenvalue weighted by Crippen LogP contribution is 2.18. The van der Waals surface area contributed by atoms with Crippen molar-refractivity contribution in [3.05, 3.63) is 66.0 Å². The van der Waals surface area contributed by atoms with Gasteiger partial charge in [0, 0.05) is 44.3 Å². The van der Waals surface area contributed by atoms with Gasteiger partial charge in [-0.3, -0.25) is 19.4 Å². The zero-order valence-corrected chi connectivity index (χ0v) is 18.9. The predicted molar refractivity (Wildman–Crippen MR) is 125 cm³/mol. The smallest absolute Gasteiger partial charge is 0.238 e. The number of rotatable bonds is 9. The molecule has 0 spiro atoms. The molecule has 0 radical (unpaired) electrons. The third-order valence-electron chi connectivity index (χ3n) is 6.12. The molecule has 3 rings (SSSR count). The zero-order valence-electron chi connectivity index (χ0n) is 18.9. The summed E-state index contributed by atoms with van der Waals surface area (Å²) in [5, 5.41) is 5.91. The molecule has 6 nitrogen and oxygen atoms in total. The molecule has 1 aliphatic heterocycles. The zero-order chi connectivity index (χ0) is 22.9. The van der Waals surface area contributed by atoms with Gasteiger partial charge in [0.25, 0.3) is 0 Å². The summed E-state index contributed by atoms with van der Waals surface area (Å²) < 4.78 is 13.0. The summed E-state index contributed by atoms with van der Waals surface area (Å²) in [6.07, 6.45) is 0.970. The third-order valence-corrected chi connectivity index (χ3v) is 6.12. The first-order chi connectivity index (χ1) is 15.5. The van der Waals surface area contributed by atoms with Crippen molar-refractivity contribution in [3.63, 3.8) is 0 Å². The Kier molecular flexibility index (Phi) is 8.76. The Labute approximate surface area is 189 Å². The Balaban J connectivity index is 1.40. The number of piperazine rings is 1. The molecule has 2 N–H and O–H groups in total. The normalized spacial score (nSPS) is 16.8. The average Bonchev–Trinajstić information content (AvgIpc) is 2.81. The van der Waals surface area contributed by atoms with Gasteiger partial charge in [0.2, 0.25) is 11.8 Å². The van der Waals surface area contributed by atoms with E-state index >= 15 is 0 Å². The van der Waals surface area contributed by atoms with Crippen LogP contribution in [0.2, 0.25) is 0 Å². The van der Waals surface area contributed by atoms with Crippen molar-refractivity contribution < 1.29 is 14.0 Å². The maximum atomic E-state index is 13.0. The first-order valence-corrected chi connectivity index (χ1v) is 11.3. The van der Waals surface area contributed by atoms with Crippen molar-refractivity contribution in [2.24, 2.45) is 0 Å². The van der Waals surface area contributed by atoms with Crippen molar-refractivity contribution in [1.29, 1.82) is 0 Å². The molecule has 1 fully saturated rings. The molecule has 1 heterocycles. The number of amides is 2. The molecule has 2 aromatic carbocycles. The van der Waals surface area contributed by atoms with E-state index in [4.69, 9.17) is 0 Å². The van der Waals surface area contributed by atoms with Crippen molar-refractivity contribution in [2.45, 2.75) is 32.2 Å². The van der Waals surface area contributed by atoms with Crippen LogP contribution in [0.3, 0.4) is 0 Å². The van der Waals surface area contributed by atoms with Crippen LogP contribution in [0.15, 0.2) is 54.6 Å². The second-order valence-corrected chi connectivity index (χ2v) is 8.30. The van der Waals surface area contributed by atoms with Crippen LogP contribution in [0.4, 0.5) is 10.1 Å². The number of hydrogen-bond donors (Lipinski definition) is 2. The van der Waals surface area contributed by atoms with Gasteiger partial charge in [0.1, 0.15) is 5.82 Å². The molecule has 32 heavy (non-hydrogen) atoms. The van der Waals surface area contributed by atoms with E-state index in [-0.39, 0.29) is 30.2 Å². The van der Waals surface area contributed by atoms with Gasteiger partial charge in [-0.05, 0) is 43.2 Å².